The summed E-state index contributed by atoms with van der Waals surface area (Å²) in [6.45, 7) is 2.76. The minimum Gasteiger partial charge on any atom is -0.324 e. The van der Waals surface area contributed by atoms with Crippen LogP contribution in [-0.4, -0.2) is 35.1 Å². The van der Waals surface area contributed by atoms with Crippen LogP contribution in [0.15, 0.2) is 53.6 Å². The van der Waals surface area contributed by atoms with Crippen LogP contribution in [0.1, 0.15) is 44.4 Å². The van der Waals surface area contributed by atoms with Crippen molar-refractivity contribution in [2.75, 3.05) is 11.6 Å². The largest absolute Gasteiger partial charge is 0.363 e. The zero-order valence-electron chi connectivity index (χ0n) is 14.0. The van der Waals surface area contributed by atoms with Crippen LogP contribution in [0.5, 0.6) is 0 Å². The summed E-state index contributed by atoms with van der Waals surface area (Å²) in [4.78, 5) is 41.8. The lowest BCUT2D eigenvalue weighted by Crippen LogP contribution is -2.32. The van der Waals surface area contributed by atoms with E-state index in [1.165, 1.54) is 12.1 Å². The molecular formula is C19H15N3O4. The van der Waals surface area contributed by atoms with Gasteiger partial charge in [-0.25, -0.2) is 4.79 Å². The van der Waals surface area contributed by atoms with Gasteiger partial charge in [0.15, 0.2) is 0 Å². The van der Waals surface area contributed by atoms with Crippen molar-refractivity contribution in [3.8, 4) is 0 Å². The van der Waals surface area contributed by atoms with E-state index in [0.717, 1.165) is 24.4 Å². The van der Waals surface area contributed by atoms with Gasteiger partial charge in [0, 0.05) is 18.7 Å². The Morgan fingerprint density at radius 3 is 2.15 bits per heavy atom. The molecule has 2 aliphatic rings. The molecule has 0 atom stereocenters. The van der Waals surface area contributed by atoms with E-state index in [0.29, 0.717) is 5.06 Å². The molecule has 0 bridgehead atoms. The average molecular weight is 349 g/mol. The first-order valence-electron chi connectivity index (χ1n) is 8.16. The van der Waals surface area contributed by atoms with Crippen LogP contribution in [0.2, 0.25) is 0 Å². The summed E-state index contributed by atoms with van der Waals surface area (Å²) >= 11 is 0. The molecule has 2 heterocycles. The van der Waals surface area contributed by atoms with Crippen molar-refractivity contribution >= 4 is 29.2 Å². The molecular weight excluding hydrogens is 334 g/mol. The second-order valence-corrected chi connectivity index (χ2v) is 6.08. The molecule has 7 nitrogen and oxygen atoms in total. The number of carbonyl (C=O) groups excluding carboxylic acids is 3. The third-order valence-electron chi connectivity index (χ3n) is 4.31. The fourth-order valence-electron chi connectivity index (χ4n) is 2.92. The van der Waals surface area contributed by atoms with E-state index >= 15 is 0 Å². The summed E-state index contributed by atoms with van der Waals surface area (Å²) in [5.74, 6) is -2.05. The number of imide groups is 1. The molecule has 130 valence electrons. The van der Waals surface area contributed by atoms with E-state index in [1.54, 1.807) is 36.4 Å². The first kappa shape index (κ1) is 16.0. The van der Waals surface area contributed by atoms with E-state index in [1.807, 2.05) is 11.9 Å². The van der Waals surface area contributed by atoms with Crippen LogP contribution in [0.25, 0.3) is 0 Å². The minimum atomic E-state index is -0.771. The standard InChI is InChI=1S/C19H15N3O4/c1-12-10-11-21(20-12)14-8-6-13(7-9-14)19(25)26-22-17(23)15-4-2-3-5-16(15)18(22)24/h2-9H,10-11H2,1H3. The molecule has 2 aromatic carbocycles. The highest BCUT2D eigenvalue weighted by Crippen LogP contribution is 2.24. The van der Waals surface area contributed by atoms with Crippen molar-refractivity contribution in [3.63, 3.8) is 0 Å². The topological polar surface area (TPSA) is 79.3 Å². The van der Waals surface area contributed by atoms with E-state index in [2.05, 4.69) is 5.10 Å². The smallest absolute Gasteiger partial charge is 0.324 e. The van der Waals surface area contributed by atoms with Crippen LogP contribution in [0, 0.1) is 0 Å². The van der Waals surface area contributed by atoms with Gasteiger partial charge in [0.1, 0.15) is 0 Å². The van der Waals surface area contributed by atoms with Crippen molar-refractivity contribution in [2.24, 2.45) is 5.10 Å². The normalized spacial score (nSPS) is 16.0. The Balaban J connectivity index is 1.49. The number of amides is 2. The quantitative estimate of drug-likeness (QED) is 0.796. The van der Waals surface area contributed by atoms with E-state index in [4.69, 9.17) is 4.84 Å². The number of nitrogens with zero attached hydrogens (tertiary/aromatic N) is 3. The Morgan fingerprint density at radius 1 is 1.00 bits per heavy atom. The molecule has 0 spiro atoms. The Bertz CT molecular complexity index is 915. The molecule has 7 heteroatoms. The van der Waals surface area contributed by atoms with Gasteiger partial charge in [-0.05, 0) is 43.3 Å². The van der Waals surface area contributed by atoms with Gasteiger partial charge < -0.3 is 4.84 Å². The van der Waals surface area contributed by atoms with Crippen LogP contribution < -0.4 is 5.01 Å². The third-order valence-corrected chi connectivity index (χ3v) is 4.31. The summed E-state index contributed by atoms with van der Waals surface area (Å²) in [7, 11) is 0. The summed E-state index contributed by atoms with van der Waals surface area (Å²) in [5, 5.41) is 6.76. The maximum absolute atomic E-state index is 12.3. The molecule has 2 amide bonds. The number of carbonyl (C=O) groups is 3. The van der Waals surface area contributed by atoms with Crippen molar-refractivity contribution < 1.29 is 19.2 Å². The van der Waals surface area contributed by atoms with Gasteiger partial charge in [-0.2, -0.15) is 5.10 Å². The minimum absolute atomic E-state index is 0.225. The van der Waals surface area contributed by atoms with Gasteiger partial charge in [-0.1, -0.05) is 17.2 Å². The maximum atomic E-state index is 12.3. The maximum Gasteiger partial charge on any atom is 0.363 e. The zero-order chi connectivity index (χ0) is 18.3. The monoisotopic (exact) mass is 349 g/mol. The van der Waals surface area contributed by atoms with E-state index in [-0.39, 0.29) is 16.7 Å². The molecule has 0 unspecified atom stereocenters. The van der Waals surface area contributed by atoms with Crippen molar-refractivity contribution in [2.45, 2.75) is 13.3 Å². The third kappa shape index (κ3) is 2.63. The molecule has 0 aliphatic carbocycles. The van der Waals surface area contributed by atoms with Crippen molar-refractivity contribution in [3.05, 3.63) is 65.2 Å². The van der Waals surface area contributed by atoms with E-state index in [9.17, 15) is 14.4 Å². The van der Waals surface area contributed by atoms with Crippen molar-refractivity contribution in [1.82, 2.24) is 5.06 Å². The summed E-state index contributed by atoms with van der Waals surface area (Å²) in [5.41, 5.74) is 2.61. The van der Waals surface area contributed by atoms with Gasteiger partial charge in [0.2, 0.25) is 0 Å². The number of hydrazone groups is 1. The number of benzene rings is 2. The Kier molecular flexibility index (Phi) is 3.76. The van der Waals surface area contributed by atoms with Crippen LogP contribution in [0.4, 0.5) is 5.69 Å². The summed E-state index contributed by atoms with van der Waals surface area (Å²) < 4.78 is 0. The highest BCUT2D eigenvalue weighted by Gasteiger charge is 2.38. The molecule has 0 saturated carbocycles. The number of rotatable bonds is 3. The lowest BCUT2D eigenvalue weighted by molar-refractivity contribution is -0.0584. The van der Waals surface area contributed by atoms with Gasteiger partial charge >= 0.3 is 5.97 Å². The molecule has 2 aromatic rings. The fourth-order valence-corrected chi connectivity index (χ4v) is 2.92. The summed E-state index contributed by atoms with van der Waals surface area (Å²) in [6, 6.07) is 13.0. The second kappa shape index (κ2) is 6.11. The van der Waals surface area contributed by atoms with Crippen molar-refractivity contribution in [1.29, 1.82) is 0 Å². The molecule has 0 N–H and O–H groups in total. The lowest BCUT2D eigenvalue weighted by atomic mass is 10.1. The molecule has 0 fully saturated rings. The molecule has 0 radical (unpaired) electrons. The molecule has 26 heavy (non-hydrogen) atoms. The highest BCUT2D eigenvalue weighted by atomic mass is 16.7. The predicted molar refractivity (Wildman–Crippen MR) is 93.9 cm³/mol. The van der Waals surface area contributed by atoms with Gasteiger partial charge in [0.05, 0.1) is 22.4 Å². The second-order valence-electron chi connectivity index (χ2n) is 6.08. The predicted octanol–water partition coefficient (Wildman–Crippen LogP) is 2.64. The Hall–Kier alpha value is -3.48. The fraction of sp³-hybridized carbons (Fsp3) is 0.158. The molecule has 0 aromatic heterocycles. The molecule has 0 saturated heterocycles. The Morgan fingerprint density at radius 2 is 1.62 bits per heavy atom. The van der Waals surface area contributed by atoms with Crippen LogP contribution in [-0.2, 0) is 4.84 Å². The first-order valence-corrected chi connectivity index (χ1v) is 8.16. The van der Waals surface area contributed by atoms with Gasteiger partial charge in [-0.3, -0.25) is 14.6 Å². The average Bonchev–Trinajstić information content (AvgIpc) is 3.20. The van der Waals surface area contributed by atoms with E-state index < -0.39 is 17.8 Å². The number of hydroxylamine groups is 2. The molecule has 2 aliphatic heterocycles. The SMILES string of the molecule is CC1=NN(c2ccc(C(=O)ON3C(=O)c4ccccc4C3=O)cc2)CC1. The van der Waals surface area contributed by atoms with Crippen LogP contribution in [0.3, 0.4) is 0 Å². The Labute approximate surface area is 149 Å². The number of anilines is 1. The highest BCUT2D eigenvalue weighted by molar-refractivity contribution is 6.21. The van der Waals surface area contributed by atoms with Gasteiger partial charge in [-0.15, -0.1) is 0 Å². The zero-order valence-corrected chi connectivity index (χ0v) is 14.0. The number of hydrogen-bond acceptors (Lipinski definition) is 6. The van der Waals surface area contributed by atoms with Crippen LogP contribution >= 0.6 is 0 Å². The summed E-state index contributed by atoms with van der Waals surface area (Å²) in [6.07, 6.45) is 0.906. The number of fused-ring (bicyclic) bond motifs is 1. The van der Waals surface area contributed by atoms with Gasteiger partial charge in [0.25, 0.3) is 11.8 Å². The number of hydrogen-bond donors (Lipinski definition) is 0. The lowest BCUT2D eigenvalue weighted by Gasteiger charge is -2.15. The molecule has 4 rings (SSSR count). The first-order chi connectivity index (χ1) is 12.5.